The largest absolute Gasteiger partial charge is 0.494 e. The number of aromatic nitrogens is 3. The minimum absolute atomic E-state index is 0.246. The van der Waals surface area contributed by atoms with Crippen LogP contribution in [0.2, 0.25) is 5.02 Å². The van der Waals surface area contributed by atoms with Gasteiger partial charge in [-0.3, -0.25) is 14.1 Å². The summed E-state index contributed by atoms with van der Waals surface area (Å²) in [6.07, 6.45) is 5.69. The number of aryl methyl sites for hydroxylation is 1. The molecule has 1 aromatic carbocycles. The second kappa shape index (κ2) is 8.10. The molecular weight excluding hydrogens is 418 g/mol. The molecular formula is C18H18ClN5O4S. The van der Waals surface area contributed by atoms with E-state index in [1.165, 1.54) is 37.7 Å². The smallest absolute Gasteiger partial charge is 0.257 e. The van der Waals surface area contributed by atoms with E-state index in [1.54, 1.807) is 16.8 Å². The molecule has 152 valence electrons. The number of nitrogens with zero attached hydrogens (tertiary/aromatic N) is 3. The first kappa shape index (κ1) is 20.6. The normalized spacial score (nSPS) is 11.2. The van der Waals surface area contributed by atoms with Crippen LogP contribution in [0.1, 0.15) is 16.1 Å². The SMILES string of the molecule is COc1cnc(-n2cc(C(=O)Nc3cc(Cl)cc(NS(C)(=O)=O)c3)cc2C)nc1. The highest BCUT2D eigenvalue weighted by atomic mass is 35.5. The molecule has 0 aliphatic rings. The van der Waals surface area contributed by atoms with Gasteiger partial charge in [-0.2, -0.15) is 0 Å². The fraction of sp³-hybridized carbons (Fsp3) is 0.167. The minimum Gasteiger partial charge on any atom is -0.494 e. The molecule has 0 aliphatic carbocycles. The first-order chi connectivity index (χ1) is 13.6. The van der Waals surface area contributed by atoms with E-state index in [0.29, 0.717) is 22.9 Å². The molecule has 0 fully saturated rings. The number of methoxy groups -OCH3 is 1. The lowest BCUT2D eigenvalue weighted by molar-refractivity contribution is 0.102. The van der Waals surface area contributed by atoms with E-state index < -0.39 is 15.9 Å². The number of anilines is 2. The average Bonchev–Trinajstić information content (AvgIpc) is 3.01. The molecule has 2 N–H and O–H groups in total. The van der Waals surface area contributed by atoms with Gasteiger partial charge in [-0.25, -0.2) is 18.4 Å². The van der Waals surface area contributed by atoms with Gasteiger partial charge in [-0.15, -0.1) is 0 Å². The third kappa shape index (κ3) is 5.24. The highest BCUT2D eigenvalue weighted by Gasteiger charge is 2.14. The van der Waals surface area contributed by atoms with Crippen LogP contribution in [0.4, 0.5) is 11.4 Å². The van der Waals surface area contributed by atoms with Crippen LogP contribution in [0.3, 0.4) is 0 Å². The molecule has 11 heteroatoms. The molecule has 0 radical (unpaired) electrons. The van der Waals surface area contributed by atoms with Gasteiger partial charge in [0.25, 0.3) is 5.91 Å². The molecule has 3 aromatic rings. The van der Waals surface area contributed by atoms with E-state index in [0.717, 1.165) is 11.9 Å². The molecule has 2 heterocycles. The van der Waals surface area contributed by atoms with E-state index in [2.05, 4.69) is 20.0 Å². The molecule has 0 spiro atoms. The lowest BCUT2D eigenvalue weighted by Crippen LogP contribution is -2.13. The predicted octanol–water partition coefficient (Wildman–Crippen LogP) is 2.86. The van der Waals surface area contributed by atoms with Crippen LogP contribution in [0.25, 0.3) is 5.95 Å². The lowest BCUT2D eigenvalue weighted by atomic mass is 10.2. The molecule has 0 aliphatic heterocycles. The van der Waals surface area contributed by atoms with Crippen LogP contribution >= 0.6 is 11.6 Å². The van der Waals surface area contributed by atoms with Crippen LogP contribution in [0, 0.1) is 6.92 Å². The maximum absolute atomic E-state index is 12.7. The Bertz CT molecular complexity index is 1160. The first-order valence-corrected chi connectivity index (χ1v) is 10.6. The topological polar surface area (TPSA) is 115 Å². The van der Waals surface area contributed by atoms with Crippen molar-refractivity contribution in [3.63, 3.8) is 0 Å². The van der Waals surface area contributed by atoms with Gasteiger partial charge in [0.15, 0.2) is 5.75 Å². The fourth-order valence-corrected chi connectivity index (χ4v) is 3.37. The Morgan fingerprint density at radius 3 is 2.41 bits per heavy atom. The zero-order valence-corrected chi connectivity index (χ0v) is 17.4. The summed E-state index contributed by atoms with van der Waals surface area (Å²) < 4.78 is 31.9. The van der Waals surface area contributed by atoms with Crippen molar-refractivity contribution in [3.05, 3.63) is 59.1 Å². The third-order valence-electron chi connectivity index (χ3n) is 3.80. The average molecular weight is 436 g/mol. The summed E-state index contributed by atoms with van der Waals surface area (Å²) in [6.45, 7) is 1.82. The second-order valence-electron chi connectivity index (χ2n) is 6.22. The number of carbonyl (C=O) groups excluding carboxylic acids is 1. The first-order valence-electron chi connectivity index (χ1n) is 8.30. The molecule has 3 rings (SSSR count). The molecule has 9 nitrogen and oxygen atoms in total. The summed E-state index contributed by atoms with van der Waals surface area (Å²) in [5.41, 5.74) is 1.72. The minimum atomic E-state index is -3.48. The fourth-order valence-electron chi connectivity index (χ4n) is 2.59. The maximum atomic E-state index is 12.7. The Balaban J connectivity index is 1.83. The number of hydrogen-bond donors (Lipinski definition) is 2. The number of sulfonamides is 1. The van der Waals surface area contributed by atoms with Crippen molar-refractivity contribution in [2.24, 2.45) is 0 Å². The van der Waals surface area contributed by atoms with Crippen molar-refractivity contribution in [3.8, 4) is 11.7 Å². The Morgan fingerprint density at radius 2 is 1.79 bits per heavy atom. The maximum Gasteiger partial charge on any atom is 0.257 e. The van der Waals surface area contributed by atoms with Crippen LogP contribution in [0.5, 0.6) is 5.75 Å². The summed E-state index contributed by atoms with van der Waals surface area (Å²) in [7, 11) is -1.95. The van der Waals surface area contributed by atoms with E-state index in [1.807, 2.05) is 6.92 Å². The van der Waals surface area contributed by atoms with Crippen LogP contribution < -0.4 is 14.8 Å². The molecule has 0 unspecified atom stereocenters. The summed E-state index contributed by atoms with van der Waals surface area (Å²) in [4.78, 5) is 21.1. The van der Waals surface area contributed by atoms with Crippen molar-refractivity contribution < 1.29 is 17.9 Å². The summed E-state index contributed by atoms with van der Waals surface area (Å²) >= 11 is 6.03. The van der Waals surface area contributed by atoms with Gasteiger partial charge in [-0.1, -0.05) is 11.6 Å². The van der Waals surface area contributed by atoms with Gasteiger partial charge >= 0.3 is 0 Å². The molecule has 2 aromatic heterocycles. The number of amides is 1. The van der Waals surface area contributed by atoms with E-state index in [4.69, 9.17) is 16.3 Å². The van der Waals surface area contributed by atoms with Crippen molar-refractivity contribution in [2.75, 3.05) is 23.4 Å². The number of carbonyl (C=O) groups is 1. The van der Waals surface area contributed by atoms with Crippen molar-refractivity contribution in [1.82, 2.24) is 14.5 Å². The van der Waals surface area contributed by atoms with Crippen LogP contribution in [0.15, 0.2) is 42.9 Å². The van der Waals surface area contributed by atoms with Gasteiger partial charge in [0.05, 0.1) is 37.0 Å². The lowest BCUT2D eigenvalue weighted by Gasteiger charge is -2.09. The summed E-state index contributed by atoms with van der Waals surface area (Å²) in [5.74, 6) is 0.522. The highest BCUT2D eigenvalue weighted by molar-refractivity contribution is 7.92. The number of benzene rings is 1. The number of halogens is 1. The van der Waals surface area contributed by atoms with Crippen molar-refractivity contribution in [2.45, 2.75) is 6.92 Å². The number of rotatable bonds is 6. The Kier molecular flexibility index (Phi) is 5.76. The zero-order chi connectivity index (χ0) is 21.2. The van der Waals surface area contributed by atoms with Crippen LogP contribution in [-0.4, -0.2) is 42.2 Å². The number of ether oxygens (including phenoxy) is 1. The Morgan fingerprint density at radius 1 is 1.14 bits per heavy atom. The quantitative estimate of drug-likeness (QED) is 0.615. The molecule has 29 heavy (non-hydrogen) atoms. The van der Waals surface area contributed by atoms with Crippen molar-refractivity contribution >= 4 is 38.9 Å². The zero-order valence-electron chi connectivity index (χ0n) is 15.8. The Hall–Kier alpha value is -3.11. The second-order valence-corrected chi connectivity index (χ2v) is 8.40. The number of nitrogens with one attached hydrogen (secondary N) is 2. The van der Waals surface area contributed by atoms with Gasteiger partial charge in [0, 0.05) is 22.6 Å². The summed E-state index contributed by atoms with van der Waals surface area (Å²) in [6, 6.07) is 6.12. The number of hydrogen-bond acceptors (Lipinski definition) is 6. The van der Waals surface area contributed by atoms with E-state index in [9.17, 15) is 13.2 Å². The van der Waals surface area contributed by atoms with Gasteiger partial charge < -0.3 is 10.1 Å². The summed E-state index contributed by atoms with van der Waals surface area (Å²) in [5, 5.41) is 2.98. The molecule has 0 saturated carbocycles. The van der Waals surface area contributed by atoms with Crippen LogP contribution in [-0.2, 0) is 10.0 Å². The Labute approximate surface area is 172 Å². The standard InChI is InChI=1S/C18H18ClN5O4S/c1-11-4-12(10-24(11)18-20-8-16(28-2)9-21-18)17(25)22-14-5-13(19)6-15(7-14)23-29(3,26)27/h4-10,23H,1-3H3,(H,22,25). The van der Waals surface area contributed by atoms with Crippen molar-refractivity contribution in [1.29, 1.82) is 0 Å². The molecule has 1 amide bonds. The molecule has 0 bridgehead atoms. The molecule has 0 atom stereocenters. The third-order valence-corrected chi connectivity index (χ3v) is 4.62. The van der Waals surface area contributed by atoms with Gasteiger partial charge in [0.1, 0.15) is 0 Å². The van der Waals surface area contributed by atoms with Gasteiger partial charge in [0.2, 0.25) is 16.0 Å². The van der Waals surface area contributed by atoms with E-state index in [-0.39, 0.29) is 10.7 Å². The molecule has 0 saturated heterocycles. The monoisotopic (exact) mass is 435 g/mol. The van der Waals surface area contributed by atoms with E-state index >= 15 is 0 Å². The predicted molar refractivity (Wildman–Crippen MR) is 111 cm³/mol. The highest BCUT2D eigenvalue weighted by Crippen LogP contribution is 2.24. The van der Waals surface area contributed by atoms with Gasteiger partial charge in [-0.05, 0) is 31.2 Å².